The van der Waals surface area contributed by atoms with E-state index in [0.717, 1.165) is 31.2 Å². The van der Waals surface area contributed by atoms with Crippen LogP contribution >= 0.6 is 34.8 Å². The number of halogens is 12. The largest absolute Gasteiger partial charge is 0.450 e. The van der Waals surface area contributed by atoms with Crippen molar-refractivity contribution >= 4 is 52.6 Å². The Morgan fingerprint density at radius 3 is 1.95 bits per heavy atom. The molecule has 208 valence electrons. The van der Waals surface area contributed by atoms with E-state index in [0.29, 0.717) is 18.2 Å². The van der Waals surface area contributed by atoms with E-state index in [2.05, 4.69) is 0 Å². The van der Waals surface area contributed by atoms with Crippen molar-refractivity contribution in [3.05, 3.63) is 73.7 Å². The Labute approximate surface area is 224 Å². The van der Waals surface area contributed by atoms with Crippen molar-refractivity contribution in [2.75, 3.05) is 0 Å². The number of allylic oxidation sites excluding steroid dienone is 1. The summed E-state index contributed by atoms with van der Waals surface area (Å²) in [5.74, 6) is -5.97. The highest BCUT2D eigenvalue weighted by molar-refractivity contribution is 6.48. The van der Waals surface area contributed by atoms with Gasteiger partial charge in [0.1, 0.15) is 0 Å². The predicted octanol–water partition coefficient (Wildman–Crippen LogP) is 8.66. The van der Waals surface area contributed by atoms with Crippen LogP contribution in [0.2, 0.25) is 15.1 Å². The molecule has 1 unspecified atom stereocenters. The van der Waals surface area contributed by atoms with Crippen LogP contribution in [0.25, 0.3) is 6.08 Å². The lowest BCUT2D eigenvalue weighted by Gasteiger charge is -2.19. The smallest absolute Gasteiger partial charge is 0.349 e. The monoisotopic (exact) mass is 613 g/mol. The highest BCUT2D eigenvalue weighted by atomic mass is 35.5. The van der Waals surface area contributed by atoms with Crippen LogP contribution in [-0.2, 0) is 11.0 Å². The molecule has 1 N–H and O–H groups in total. The molecule has 2 aromatic carbocycles. The Balaban J connectivity index is 2.40. The van der Waals surface area contributed by atoms with Gasteiger partial charge in [-0.3, -0.25) is 9.59 Å². The molecule has 15 heteroatoms. The fourth-order valence-corrected chi connectivity index (χ4v) is 3.83. The molecule has 1 amide bonds. The summed E-state index contributed by atoms with van der Waals surface area (Å²) in [7, 11) is 0. The quantitative estimate of drug-likeness (QED) is 0.251. The maximum atomic E-state index is 13.7. The van der Waals surface area contributed by atoms with Crippen molar-refractivity contribution in [1.29, 1.82) is 0 Å². The van der Waals surface area contributed by atoms with Gasteiger partial charge in [0.25, 0.3) is 5.91 Å². The second-order valence-corrected chi connectivity index (χ2v) is 9.17. The molecule has 0 aliphatic heterocycles. The average Bonchev–Trinajstić information content (AvgIpc) is 2.75. The number of nitrogens with one attached hydrogen (secondary N) is 1. The zero-order valence-electron chi connectivity index (χ0n) is 18.8. The molecular formula is C23H15Cl3F9NO2. The molecule has 2 aromatic rings. The van der Waals surface area contributed by atoms with E-state index in [1.54, 1.807) is 0 Å². The first-order chi connectivity index (χ1) is 17.2. The highest BCUT2D eigenvalue weighted by Gasteiger charge is 2.41. The van der Waals surface area contributed by atoms with Gasteiger partial charge in [-0.25, -0.2) is 0 Å². The third-order valence-electron chi connectivity index (χ3n) is 4.98. The topological polar surface area (TPSA) is 46.2 Å². The second kappa shape index (κ2) is 11.7. The zero-order chi connectivity index (χ0) is 29.2. The normalized spacial score (nSPS) is 14.4. The summed E-state index contributed by atoms with van der Waals surface area (Å²) < 4.78 is 119. The summed E-state index contributed by atoms with van der Waals surface area (Å²) in [5, 5.41) is 1.12. The van der Waals surface area contributed by atoms with Crippen molar-refractivity contribution in [3.63, 3.8) is 0 Å². The molecule has 2 rings (SSSR count). The average molecular weight is 615 g/mol. The number of benzene rings is 2. The lowest BCUT2D eigenvalue weighted by atomic mass is 9.96. The summed E-state index contributed by atoms with van der Waals surface area (Å²) in [6, 6.07) is 2.28. The van der Waals surface area contributed by atoms with Crippen LogP contribution in [0, 0.1) is 0 Å². The zero-order valence-corrected chi connectivity index (χ0v) is 21.0. The van der Waals surface area contributed by atoms with Gasteiger partial charge < -0.3 is 5.32 Å². The Hall–Kier alpha value is -2.44. The summed E-state index contributed by atoms with van der Waals surface area (Å²) in [6.07, 6.45) is -15.2. The van der Waals surface area contributed by atoms with Gasteiger partial charge in [0, 0.05) is 12.5 Å². The molecule has 0 bridgehead atoms. The molecule has 0 aliphatic rings. The minimum atomic E-state index is -5.19. The van der Waals surface area contributed by atoms with Crippen molar-refractivity contribution < 1.29 is 49.1 Å². The van der Waals surface area contributed by atoms with Gasteiger partial charge in [-0.05, 0) is 42.3 Å². The molecule has 0 heterocycles. The van der Waals surface area contributed by atoms with E-state index < -0.39 is 65.3 Å². The number of carbonyl (C=O) groups is 2. The number of Topliss-reactive ketones (excluding diaryl/α,β-unsaturated/α-hetero) is 1. The first-order valence-electron chi connectivity index (χ1n) is 10.2. The van der Waals surface area contributed by atoms with E-state index >= 15 is 0 Å². The SMILES string of the molecule is C[C@H](CC(=O)C(F)(F)F)NC(=O)c1ccc(/C=C/C(c2cc(Cl)c(Cl)c(Cl)c2)C(F)(F)F)cc1C(F)(F)F. The summed E-state index contributed by atoms with van der Waals surface area (Å²) in [5.41, 5.74) is -3.39. The summed E-state index contributed by atoms with van der Waals surface area (Å²) in [4.78, 5) is 23.4. The first-order valence-corrected chi connectivity index (χ1v) is 11.4. The number of hydrogen-bond acceptors (Lipinski definition) is 2. The number of ketones is 1. The third kappa shape index (κ3) is 8.28. The Morgan fingerprint density at radius 1 is 0.921 bits per heavy atom. The minimum Gasteiger partial charge on any atom is -0.349 e. The third-order valence-corrected chi connectivity index (χ3v) is 6.17. The molecule has 0 fully saturated rings. The predicted molar refractivity (Wildman–Crippen MR) is 123 cm³/mol. The van der Waals surface area contributed by atoms with Gasteiger partial charge in [-0.15, -0.1) is 0 Å². The number of rotatable bonds is 7. The van der Waals surface area contributed by atoms with Crippen molar-refractivity contribution in [3.8, 4) is 0 Å². The Bertz CT molecular complexity index is 1220. The van der Waals surface area contributed by atoms with Gasteiger partial charge >= 0.3 is 18.5 Å². The molecule has 0 saturated carbocycles. The molecule has 0 saturated heterocycles. The molecule has 3 nitrogen and oxygen atoms in total. The second-order valence-electron chi connectivity index (χ2n) is 7.98. The molecule has 38 heavy (non-hydrogen) atoms. The number of carbonyl (C=O) groups excluding carboxylic acids is 2. The van der Waals surface area contributed by atoms with E-state index in [-0.39, 0.29) is 20.6 Å². The van der Waals surface area contributed by atoms with Gasteiger partial charge in [-0.1, -0.05) is 53.0 Å². The van der Waals surface area contributed by atoms with Gasteiger partial charge in [0.2, 0.25) is 5.78 Å². The Kier molecular flexibility index (Phi) is 9.82. The fraction of sp³-hybridized carbons (Fsp3) is 0.304. The van der Waals surface area contributed by atoms with Crippen LogP contribution in [0.15, 0.2) is 36.4 Å². The van der Waals surface area contributed by atoms with Crippen molar-refractivity contribution in [1.82, 2.24) is 5.32 Å². The minimum absolute atomic E-state index is 0.192. The van der Waals surface area contributed by atoms with Gasteiger partial charge in [-0.2, -0.15) is 39.5 Å². The van der Waals surface area contributed by atoms with Crippen molar-refractivity contribution in [2.45, 2.75) is 43.8 Å². The van der Waals surface area contributed by atoms with Gasteiger partial charge in [0.05, 0.1) is 32.1 Å². The Morgan fingerprint density at radius 2 is 1.47 bits per heavy atom. The number of alkyl halides is 9. The standard InChI is InChI=1S/C23H15Cl3F9NO2/c1-10(6-18(37)23(33,34)35)36-20(38)13-4-2-11(7-15(13)22(30,31)32)3-5-14(21(27,28)29)12-8-16(24)19(26)17(25)9-12/h2-5,7-10,14H,6H2,1H3,(H,36,38)/b5-3+/t10-,14?/m1/s1. The number of hydrogen-bond donors (Lipinski definition) is 1. The maximum absolute atomic E-state index is 13.7. The van der Waals surface area contributed by atoms with Gasteiger partial charge in [0.15, 0.2) is 0 Å². The molecule has 0 radical (unpaired) electrons. The van der Waals surface area contributed by atoms with Crippen LogP contribution in [0.1, 0.15) is 46.3 Å². The molecule has 0 spiro atoms. The van der Waals surface area contributed by atoms with Crippen LogP contribution in [-0.4, -0.2) is 30.1 Å². The van der Waals surface area contributed by atoms with E-state index in [9.17, 15) is 49.1 Å². The number of amides is 1. The molecule has 0 aromatic heterocycles. The van der Waals surface area contributed by atoms with Crippen LogP contribution in [0.5, 0.6) is 0 Å². The first kappa shape index (κ1) is 31.8. The lowest BCUT2D eigenvalue weighted by Crippen LogP contribution is -2.38. The molecule has 0 aliphatic carbocycles. The molecular weight excluding hydrogens is 600 g/mol. The lowest BCUT2D eigenvalue weighted by molar-refractivity contribution is -0.171. The summed E-state index contributed by atoms with van der Waals surface area (Å²) >= 11 is 17.3. The maximum Gasteiger partial charge on any atom is 0.450 e. The highest BCUT2D eigenvalue weighted by Crippen LogP contribution is 2.41. The van der Waals surface area contributed by atoms with Crippen LogP contribution in [0.3, 0.4) is 0 Å². The van der Waals surface area contributed by atoms with Crippen LogP contribution in [0.4, 0.5) is 39.5 Å². The van der Waals surface area contributed by atoms with E-state index in [1.165, 1.54) is 0 Å². The summed E-state index contributed by atoms with van der Waals surface area (Å²) in [6.45, 7) is 0.985. The van der Waals surface area contributed by atoms with E-state index in [1.807, 2.05) is 5.32 Å². The van der Waals surface area contributed by atoms with E-state index in [4.69, 9.17) is 34.8 Å². The van der Waals surface area contributed by atoms with Crippen molar-refractivity contribution in [2.24, 2.45) is 0 Å². The molecule has 2 atom stereocenters. The fourth-order valence-electron chi connectivity index (χ4n) is 3.22. The van der Waals surface area contributed by atoms with Crippen LogP contribution < -0.4 is 5.32 Å².